The van der Waals surface area contributed by atoms with Crippen LogP contribution >= 0.6 is 0 Å². The molecule has 0 spiro atoms. The number of amides is 4. The molecule has 4 heterocycles. The summed E-state index contributed by atoms with van der Waals surface area (Å²) in [4.78, 5) is 80.3. The standard InChI is InChI=1S/C54H38F10N10O6/c55-39-25-35(23-37(47(39)57)49(75)29-7-9-41-43(19-29)69-45(27-65-41)71-11-15-79-16-12-71)73(51(77)67-33-5-1-3-31(21-33)53(59,60)61)74(52(78)68-34-6-2-4-32(22-34)54(62,63)64)36-24-38(48(58)40(56)26-36)50(76)30-8-10-42-44(20-30)70-46(28-66-42)72-13-17-80-18-14-72/h1-10,19-28H,11-18H2,(H,67,77)(H,68,78). The second-order valence-electron chi connectivity index (χ2n) is 17.9. The normalized spacial score (nSPS) is 14.0. The number of halogens is 10. The van der Waals surface area contributed by atoms with Crippen LogP contribution in [0.25, 0.3) is 22.1 Å². The summed E-state index contributed by atoms with van der Waals surface area (Å²) in [5.41, 5.74) is -8.22. The lowest BCUT2D eigenvalue weighted by molar-refractivity contribution is -0.138. The highest BCUT2D eigenvalue weighted by molar-refractivity contribution is 6.16. The molecular weight excluding hydrogens is 1070 g/mol. The number of fused-ring (bicyclic) bond motifs is 2. The maximum absolute atomic E-state index is 16.3. The molecule has 410 valence electrons. The van der Waals surface area contributed by atoms with Crippen molar-refractivity contribution in [2.24, 2.45) is 0 Å². The number of hydrogen-bond acceptors (Lipinski definition) is 12. The lowest BCUT2D eigenvalue weighted by Crippen LogP contribution is -2.54. The zero-order chi connectivity index (χ0) is 56.6. The number of aromatic nitrogens is 4. The molecule has 80 heavy (non-hydrogen) atoms. The third-order valence-electron chi connectivity index (χ3n) is 12.7. The molecule has 2 aliphatic rings. The molecule has 2 aromatic heterocycles. The number of ether oxygens (including phenoxy) is 2. The van der Waals surface area contributed by atoms with E-state index in [0.29, 0.717) is 101 Å². The Hall–Kier alpha value is -9.30. The summed E-state index contributed by atoms with van der Waals surface area (Å²) in [5, 5.41) is 4.25. The Morgan fingerprint density at radius 1 is 0.487 bits per heavy atom. The summed E-state index contributed by atoms with van der Waals surface area (Å²) >= 11 is 0. The number of anilines is 6. The molecule has 0 bridgehead atoms. The van der Waals surface area contributed by atoms with Crippen molar-refractivity contribution in [2.75, 3.05) is 83.1 Å². The molecule has 8 aromatic rings. The van der Waals surface area contributed by atoms with Crippen LogP contribution < -0.4 is 30.5 Å². The van der Waals surface area contributed by atoms with Crippen molar-refractivity contribution in [1.29, 1.82) is 0 Å². The van der Waals surface area contributed by atoms with Crippen molar-refractivity contribution in [3.8, 4) is 0 Å². The highest BCUT2D eigenvalue weighted by atomic mass is 19.4. The third kappa shape index (κ3) is 11.3. The van der Waals surface area contributed by atoms with Crippen LogP contribution in [0, 0.1) is 23.3 Å². The van der Waals surface area contributed by atoms with Gasteiger partial charge in [0, 0.05) is 60.8 Å². The number of alkyl halides is 6. The number of nitrogens with one attached hydrogen (secondary N) is 2. The van der Waals surface area contributed by atoms with E-state index in [1.165, 1.54) is 48.8 Å². The van der Waals surface area contributed by atoms with E-state index in [0.717, 1.165) is 24.3 Å². The highest BCUT2D eigenvalue weighted by Gasteiger charge is 2.37. The molecule has 0 atom stereocenters. The summed E-state index contributed by atoms with van der Waals surface area (Å²) in [6, 6.07) is 11.2. The third-order valence-corrected chi connectivity index (χ3v) is 12.7. The molecule has 0 saturated carbocycles. The van der Waals surface area contributed by atoms with Crippen molar-refractivity contribution in [3.05, 3.63) is 178 Å². The topological polar surface area (TPSA) is 175 Å². The van der Waals surface area contributed by atoms with Gasteiger partial charge in [0.05, 0.1) is 94.5 Å². The Morgan fingerprint density at radius 2 is 0.875 bits per heavy atom. The van der Waals surface area contributed by atoms with Crippen molar-refractivity contribution >= 4 is 80.1 Å². The SMILES string of the molecule is O=C(c1ccc2ncc(N3CCOCC3)nc2c1)c1cc(N(C(=O)Nc2cccc(C(F)(F)F)c2)N(C(=O)Nc2cccc(C(F)(F)F)c2)c2cc(F)c(F)c(C(=O)c3ccc4ncc(N5CCOCC5)nc4c3)c2)cc(F)c1F. The average molecular weight is 1110 g/mol. The summed E-state index contributed by atoms with van der Waals surface area (Å²) in [5.74, 6) is -9.22. The Kier molecular flexibility index (Phi) is 14.8. The first-order chi connectivity index (χ1) is 38.2. The first-order valence-electron chi connectivity index (χ1n) is 24.0. The van der Waals surface area contributed by atoms with Crippen LogP contribution in [0.4, 0.5) is 87.9 Å². The van der Waals surface area contributed by atoms with Crippen LogP contribution in [-0.2, 0) is 21.8 Å². The van der Waals surface area contributed by atoms with Gasteiger partial charge in [0.25, 0.3) is 0 Å². The minimum absolute atomic E-state index is 0.0443. The van der Waals surface area contributed by atoms with Gasteiger partial charge in [-0.2, -0.15) is 36.4 Å². The van der Waals surface area contributed by atoms with Gasteiger partial charge in [-0.3, -0.25) is 19.6 Å². The molecule has 26 heteroatoms. The predicted octanol–water partition coefficient (Wildman–Crippen LogP) is 11.0. The summed E-state index contributed by atoms with van der Waals surface area (Å²) < 4.78 is 160. The maximum atomic E-state index is 16.3. The van der Waals surface area contributed by atoms with E-state index in [9.17, 15) is 45.5 Å². The van der Waals surface area contributed by atoms with E-state index in [-0.39, 0.29) is 55.3 Å². The van der Waals surface area contributed by atoms with E-state index < -0.39 is 104 Å². The zero-order valence-electron chi connectivity index (χ0n) is 41.0. The van der Waals surface area contributed by atoms with Crippen LogP contribution in [0.1, 0.15) is 43.0 Å². The number of benzene rings is 6. The quantitative estimate of drug-likeness (QED) is 0.0754. The molecule has 10 rings (SSSR count). The number of carbonyl (C=O) groups excluding carboxylic acids is 4. The minimum Gasteiger partial charge on any atom is -0.378 e. The summed E-state index contributed by atoms with van der Waals surface area (Å²) in [7, 11) is 0. The van der Waals surface area contributed by atoms with Crippen LogP contribution in [0.3, 0.4) is 0 Å². The fourth-order valence-corrected chi connectivity index (χ4v) is 8.76. The first kappa shape index (κ1) is 54.1. The summed E-state index contributed by atoms with van der Waals surface area (Å²) in [6.45, 7) is 3.31. The molecule has 0 unspecified atom stereocenters. The fourth-order valence-electron chi connectivity index (χ4n) is 8.76. The number of morpholine rings is 2. The summed E-state index contributed by atoms with van der Waals surface area (Å²) in [6.07, 6.45) is -7.06. The molecule has 2 saturated heterocycles. The van der Waals surface area contributed by atoms with Gasteiger partial charge in [-0.15, -0.1) is 0 Å². The highest BCUT2D eigenvalue weighted by Crippen LogP contribution is 2.36. The predicted molar refractivity (Wildman–Crippen MR) is 271 cm³/mol. The van der Waals surface area contributed by atoms with E-state index >= 15 is 17.6 Å². The number of hydrazine groups is 1. The van der Waals surface area contributed by atoms with Crippen LogP contribution in [-0.4, -0.2) is 96.2 Å². The minimum atomic E-state index is -5.01. The van der Waals surface area contributed by atoms with E-state index in [1.54, 1.807) is 0 Å². The first-order valence-corrected chi connectivity index (χ1v) is 24.0. The molecule has 16 nitrogen and oxygen atoms in total. The Morgan fingerprint density at radius 3 is 1.25 bits per heavy atom. The van der Waals surface area contributed by atoms with Gasteiger partial charge >= 0.3 is 24.4 Å². The molecule has 2 fully saturated rings. The zero-order valence-corrected chi connectivity index (χ0v) is 41.0. The van der Waals surface area contributed by atoms with Gasteiger partial charge in [-0.05, 0) is 84.9 Å². The van der Waals surface area contributed by atoms with Crippen molar-refractivity contribution in [3.63, 3.8) is 0 Å². The molecule has 2 aliphatic heterocycles. The molecule has 0 radical (unpaired) electrons. The number of carbonyl (C=O) groups is 4. The second kappa shape index (κ2) is 21.9. The lowest BCUT2D eigenvalue weighted by Gasteiger charge is -2.35. The largest absolute Gasteiger partial charge is 0.416 e. The van der Waals surface area contributed by atoms with E-state index in [4.69, 9.17) is 9.47 Å². The Labute approximate surface area is 445 Å². The number of rotatable bonds is 10. The van der Waals surface area contributed by atoms with Gasteiger partial charge in [0.2, 0.25) is 0 Å². The number of ketones is 2. The number of urea groups is 2. The Bertz CT molecular complexity index is 3520. The number of hydrogen-bond donors (Lipinski definition) is 2. The molecule has 0 aliphatic carbocycles. The van der Waals surface area contributed by atoms with Gasteiger partial charge in [-0.25, -0.2) is 37.1 Å². The van der Waals surface area contributed by atoms with Crippen molar-refractivity contribution in [2.45, 2.75) is 12.4 Å². The van der Waals surface area contributed by atoms with Gasteiger partial charge in [-0.1, -0.05) is 12.1 Å². The smallest absolute Gasteiger partial charge is 0.378 e. The molecule has 2 N–H and O–H groups in total. The second-order valence-corrected chi connectivity index (χ2v) is 17.9. The van der Waals surface area contributed by atoms with Gasteiger partial charge in [0.1, 0.15) is 11.6 Å². The average Bonchev–Trinajstić information content (AvgIpc) is 3.54. The maximum Gasteiger partial charge on any atom is 0.416 e. The number of nitrogens with zero attached hydrogens (tertiary/aromatic N) is 8. The fraction of sp³-hybridized carbons (Fsp3) is 0.185. The van der Waals surface area contributed by atoms with Gasteiger partial charge < -0.3 is 29.9 Å². The molecular formula is C54H38F10N10O6. The molecule has 6 aromatic carbocycles. The monoisotopic (exact) mass is 1110 g/mol. The van der Waals surface area contributed by atoms with Crippen LogP contribution in [0.2, 0.25) is 0 Å². The van der Waals surface area contributed by atoms with Crippen LogP contribution in [0.15, 0.2) is 122 Å². The van der Waals surface area contributed by atoms with E-state index in [2.05, 4.69) is 30.6 Å². The molecule has 4 amide bonds. The lowest BCUT2D eigenvalue weighted by atomic mass is 10.0. The van der Waals surface area contributed by atoms with Gasteiger partial charge in [0.15, 0.2) is 34.8 Å². The van der Waals surface area contributed by atoms with Crippen LogP contribution in [0.5, 0.6) is 0 Å². The Balaban J connectivity index is 1.13. The van der Waals surface area contributed by atoms with E-state index in [1.807, 2.05) is 9.80 Å². The van der Waals surface area contributed by atoms with Crippen molar-refractivity contribution < 1.29 is 72.6 Å². The van der Waals surface area contributed by atoms with Crippen molar-refractivity contribution in [1.82, 2.24) is 19.9 Å².